The molecule has 0 radical (unpaired) electrons. The van der Waals surface area contributed by atoms with Crippen molar-refractivity contribution in [3.8, 4) is 5.75 Å². The van der Waals surface area contributed by atoms with Crippen molar-refractivity contribution in [2.24, 2.45) is 5.92 Å². The first-order valence-corrected chi connectivity index (χ1v) is 6.71. The molecule has 1 fully saturated rings. The van der Waals surface area contributed by atoms with E-state index in [1.807, 2.05) is 6.07 Å². The lowest BCUT2D eigenvalue weighted by atomic mass is 10.0. The number of hydrogen-bond donors (Lipinski definition) is 1. The van der Waals surface area contributed by atoms with Crippen LogP contribution in [0, 0.1) is 11.7 Å². The zero-order valence-electron chi connectivity index (χ0n) is 11.4. The third-order valence-corrected chi connectivity index (χ3v) is 4.00. The lowest BCUT2D eigenvalue weighted by Gasteiger charge is -2.23. The molecule has 2 rings (SSSR count). The zero-order chi connectivity index (χ0) is 13.1. The monoisotopic (exact) mass is 251 g/mol. The van der Waals surface area contributed by atoms with E-state index in [2.05, 4.69) is 19.2 Å². The van der Waals surface area contributed by atoms with Gasteiger partial charge in [-0.2, -0.15) is 0 Å². The van der Waals surface area contributed by atoms with Gasteiger partial charge in [-0.15, -0.1) is 0 Å². The molecule has 1 N–H and O–H groups in total. The Morgan fingerprint density at radius 2 is 2.17 bits per heavy atom. The molecule has 0 heterocycles. The molecule has 2 nitrogen and oxygen atoms in total. The molecule has 0 amide bonds. The summed E-state index contributed by atoms with van der Waals surface area (Å²) >= 11 is 0. The minimum atomic E-state index is -0.303. The second kappa shape index (κ2) is 5.70. The molecule has 3 atom stereocenters. The molecule has 1 aliphatic carbocycles. The Bertz CT molecular complexity index is 407. The zero-order valence-corrected chi connectivity index (χ0v) is 11.4. The largest absolute Gasteiger partial charge is 0.494 e. The van der Waals surface area contributed by atoms with Crippen molar-refractivity contribution in [1.82, 2.24) is 5.32 Å². The van der Waals surface area contributed by atoms with E-state index in [1.165, 1.54) is 32.4 Å². The van der Waals surface area contributed by atoms with E-state index in [0.717, 1.165) is 11.5 Å². The minimum Gasteiger partial charge on any atom is -0.494 e. The molecular formula is C15H22FNO. The third-order valence-electron chi connectivity index (χ3n) is 4.00. The average Bonchev–Trinajstić information content (AvgIpc) is 2.75. The van der Waals surface area contributed by atoms with Gasteiger partial charge in [0.05, 0.1) is 7.11 Å². The van der Waals surface area contributed by atoms with Gasteiger partial charge in [0.2, 0.25) is 0 Å². The first kappa shape index (κ1) is 13.3. The Kier molecular flexibility index (Phi) is 4.23. The van der Waals surface area contributed by atoms with Crippen LogP contribution < -0.4 is 10.1 Å². The summed E-state index contributed by atoms with van der Waals surface area (Å²) in [5.41, 5.74) is 1.08. The molecule has 3 unspecified atom stereocenters. The van der Waals surface area contributed by atoms with Gasteiger partial charge in [-0.3, -0.25) is 0 Å². The predicted octanol–water partition coefficient (Wildman–Crippen LogP) is 3.67. The van der Waals surface area contributed by atoms with Crippen molar-refractivity contribution in [3.63, 3.8) is 0 Å². The van der Waals surface area contributed by atoms with E-state index in [1.54, 1.807) is 6.07 Å². The van der Waals surface area contributed by atoms with Crippen molar-refractivity contribution in [3.05, 3.63) is 29.6 Å². The van der Waals surface area contributed by atoms with Gasteiger partial charge >= 0.3 is 0 Å². The maximum Gasteiger partial charge on any atom is 0.165 e. The Labute approximate surface area is 109 Å². The Hall–Kier alpha value is -1.09. The van der Waals surface area contributed by atoms with Crippen molar-refractivity contribution < 1.29 is 9.13 Å². The Morgan fingerprint density at radius 3 is 2.78 bits per heavy atom. The van der Waals surface area contributed by atoms with Gasteiger partial charge in [-0.1, -0.05) is 19.4 Å². The molecule has 1 aromatic carbocycles. The summed E-state index contributed by atoms with van der Waals surface area (Å²) in [6.45, 7) is 4.42. The van der Waals surface area contributed by atoms with Crippen LogP contribution in [0.5, 0.6) is 5.75 Å². The number of hydrogen-bond acceptors (Lipinski definition) is 2. The van der Waals surface area contributed by atoms with Crippen molar-refractivity contribution in [2.75, 3.05) is 7.11 Å². The fraction of sp³-hybridized carbons (Fsp3) is 0.600. The third kappa shape index (κ3) is 2.83. The summed E-state index contributed by atoms with van der Waals surface area (Å²) in [4.78, 5) is 0. The molecule has 0 spiro atoms. The topological polar surface area (TPSA) is 21.3 Å². The summed E-state index contributed by atoms with van der Waals surface area (Å²) in [6.07, 6.45) is 3.85. The van der Waals surface area contributed by atoms with E-state index in [-0.39, 0.29) is 11.9 Å². The highest BCUT2D eigenvalue weighted by atomic mass is 19.1. The summed E-state index contributed by atoms with van der Waals surface area (Å²) in [5, 5.41) is 3.64. The standard InChI is InChI=1S/C15H22FNO/c1-10-5-4-6-14(10)17-11(2)12-7-8-13(16)15(9-12)18-3/h7-11,14,17H,4-6H2,1-3H3. The fourth-order valence-electron chi connectivity index (χ4n) is 2.76. The van der Waals surface area contributed by atoms with Crippen LogP contribution in [0.2, 0.25) is 0 Å². The normalized spacial score (nSPS) is 25.1. The van der Waals surface area contributed by atoms with Gasteiger partial charge in [0.25, 0.3) is 0 Å². The second-order valence-corrected chi connectivity index (χ2v) is 5.30. The molecule has 0 saturated heterocycles. The highest BCUT2D eigenvalue weighted by Gasteiger charge is 2.24. The fourth-order valence-corrected chi connectivity index (χ4v) is 2.76. The van der Waals surface area contributed by atoms with E-state index < -0.39 is 0 Å². The van der Waals surface area contributed by atoms with E-state index >= 15 is 0 Å². The van der Waals surface area contributed by atoms with Crippen LogP contribution in [0.3, 0.4) is 0 Å². The highest BCUT2D eigenvalue weighted by Crippen LogP contribution is 2.28. The van der Waals surface area contributed by atoms with Gasteiger partial charge in [0, 0.05) is 12.1 Å². The van der Waals surface area contributed by atoms with Gasteiger partial charge < -0.3 is 10.1 Å². The van der Waals surface area contributed by atoms with E-state index in [9.17, 15) is 4.39 Å². The lowest BCUT2D eigenvalue weighted by molar-refractivity contribution is 0.376. The first-order valence-electron chi connectivity index (χ1n) is 6.71. The molecule has 0 aliphatic heterocycles. The summed E-state index contributed by atoms with van der Waals surface area (Å²) in [5.74, 6) is 0.748. The van der Waals surface area contributed by atoms with Crippen molar-refractivity contribution in [1.29, 1.82) is 0 Å². The Balaban J connectivity index is 2.06. The molecule has 3 heteroatoms. The van der Waals surface area contributed by atoms with Gasteiger partial charge in [0.1, 0.15) is 0 Å². The number of ether oxygens (including phenoxy) is 1. The molecule has 100 valence electrons. The first-order chi connectivity index (χ1) is 8.61. The molecule has 1 saturated carbocycles. The van der Waals surface area contributed by atoms with Crippen LogP contribution in [-0.2, 0) is 0 Å². The maximum absolute atomic E-state index is 13.4. The van der Waals surface area contributed by atoms with Gasteiger partial charge in [-0.25, -0.2) is 4.39 Å². The smallest absolute Gasteiger partial charge is 0.165 e. The van der Waals surface area contributed by atoms with Crippen LogP contribution in [-0.4, -0.2) is 13.2 Å². The van der Waals surface area contributed by atoms with Crippen LogP contribution in [0.1, 0.15) is 44.7 Å². The quantitative estimate of drug-likeness (QED) is 0.881. The molecular weight excluding hydrogens is 229 g/mol. The average molecular weight is 251 g/mol. The number of benzene rings is 1. The number of nitrogens with one attached hydrogen (secondary N) is 1. The SMILES string of the molecule is COc1cc(C(C)NC2CCCC2C)ccc1F. The summed E-state index contributed by atoms with van der Waals surface area (Å²) in [7, 11) is 1.50. The summed E-state index contributed by atoms with van der Waals surface area (Å²) in [6, 6.07) is 5.90. The van der Waals surface area contributed by atoms with Gasteiger partial charge in [0.15, 0.2) is 11.6 Å². The maximum atomic E-state index is 13.4. The number of rotatable bonds is 4. The molecule has 1 aromatic rings. The van der Waals surface area contributed by atoms with E-state index in [0.29, 0.717) is 11.8 Å². The van der Waals surface area contributed by atoms with Crippen molar-refractivity contribution >= 4 is 0 Å². The minimum absolute atomic E-state index is 0.227. The predicted molar refractivity (Wildman–Crippen MR) is 71.3 cm³/mol. The molecule has 0 aromatic heterocycles. The molecule has 18 heavy (non-hydrogen) atoms. The van der Waals surface area contributed by atoms with Crippen LogP contribution in [0.4, 0.5) is 4.39 Å². The number of halogens is 1. The molecule has 0 bridgehead atoms. The lowest BCUT2D eigenvalue weighted by Crippen LogP contribution is -2.33. The van der Waals surface area contributed by atoms with E-state index in [4.69, 9.17) is 4.74 Å². The van der Waals surface area contributed by atoms with Crippen LogP contribution in [0.25, 0.3) is 0 Å². The highest BCUT2D eigenvalue weighted by molar-refractivity contribution is 5.32. The number of methoxy groups -OCH3 is 1. The van der Waals surface area contributed by atoms with Crippen LogP contribution in [0.15, 0.2) is 18.2 Å². The van der Waals surface area contributed by atoms with Gasteiger partial charge in [-0.05, 0) is 43.4 Å². The second-order valence-electron chi connectivity index (χ2n) is 5.30. The molecule has 1 aliphatic rings. The Morgan fingerprint density at radius 1 is 1.39 bits per heavy atom. The van der Waals surface area contributed by atoms with Crippen molar-refractivity contribution in [2.45, 2.75) is 45.2 Å². The van der Waals surface area contributed by atoms with Crippen LogP contribution >= 0.6 is 0 Å². The summed E-state index contributed by atoms with van der Waals surface area (Å²) < 4.78 is 18.4.